The molecule has 2 fully saturated rings. The molecule has 1 aliphatic heterocycles. The van der Waals surface area contributed by atoms with Crippen molar-refractivity contribution in [1.82, 2.24) is 10.2 Å². The SMILES string of the molecule is O=C(CCc1ccccc1Cl)NC1CCN(C(=O)C2CCCCC2)CC1. The molecule has 1 saturated heterocycles. The Morgan fingerprint density at radius 3 is 2.42 bits per heavy atom. The minimum atomic E-state index is 0.0713. The van der Waals surface area contributed by atoms with Crippen molar-refractivity contribution in [2.24, 2.45) is 5.92 Å². The monoisotopic (exact) mass is 376 g/mol. The average Bonchev–Trinajstić information content (AvgIpc) is 2.68. The first-order valence-electron chi connectivity index (χ1n) is 9.95. The van der Waals surface area contributed by atoms with Crippen LogP contribution in [0.1, 0.15) is 56.9 Å². The van der Waals surface area contributed by atoms with Gasteiger partial charge < -0.3 is 10.2 Å². The summed E-state index contributed by atoms with van der Waals surface area (Å²) >= 11 is 6.14. The molecule has 1 aromatic rings. The fourth-order valence-electron chi connectivity index (χ4n) is 4.10. The van der Waals surface area contributed by atoms with Gasteiger partial charge >= 0.3 is 0 Å². The highest BCUT2D eigenvalue weighted by atomic mass is 35.5. The molecular weight excluding hydrogens is 348 g/mol. The lowest BCUT2D eigenvalue weighted by Gasteiger charge is -2.35. The lowest BCUT2D eigenvalue weighted by molar-refractivity contribution is -0.137. The van der Waals surface area contributed by atoms with E-state index in [1.54, 1.807) is 0 Å². The molecular formula is C21H29ClN2O2. The number of halogens is 1. The van der Waals surface area contributed by atoms with Gasteiger partial charge in [0.25, 0.3) is 0 Å². The fraction of sp³-hybridized carbons (Fsp3) is 0.619. The van der Waals surface area contributed by atoms with Crippen LogP contribution in [0.2, 0.25) is 5.02 Å². The number of benzene rings is 1. The zero-order valence-electron chi connectivity index (χ0n) is 15.4. The number of aryl methyl sites for hydroxylation is 1. The Balaban J connectivity index is 1.38. The van der Waals surface area contributed by atoms with Gasteiger partial charge in [0.1, 0.15) is 0 Å². The predicted octanol–water partition coefficient (Wildman–Crippen LogP) is 3.96. The molecule has 1 saturated carbocycles. The molecule has 0 bridgehead atoms. The number of amides is 2. The van der Waals surface area contributed by atoms with Crippen LogP contribution in [0.3, 0.4) is 0 Å². The lowest BCUT2D eigenvalue weighted by Crippen LogP contribution is -2.48. The van der Waals surface area contributed by atoms with E-state index in [9.17, 15) is 9.59 Å². The van der Waals surface area contributed by atoms with Gasteiger partial charge in [0.15, 0.2) is 0 Å². The van der Waals surface area contributed by atoms with Gasteiger partial charge in [-0.2, -0.15) is 0 Å². The standard InChI is InChI=1S/C21H29ClN2O2/c22-19-9-5-4-6-16(19)10-11-20(25)23-18-12-14-24(15-13-18)21(26)17-7-2-1-3-8-17/h4-6,9,17-18H,1-3,7-8,10-15H2,(H,23,25). The van der Waals surface area contributed by atoms with Gasteiger partial charge in [-0.3, -0.25) is 9.59 Å². The molecule has 1 aliphatic carbocycles. The van der Waals surface area contributed by atoms with Crippen molar-refractivity contribution in [1.29, 1.82) is 0 Å². The zero-order chi connectivity index (χ0) is 18.4. The zero-order valence-corrected chi connectivity index (χ0v) is 16.1. The van der Waals surface area contributed by atoms with Crippen LogP contribution in [0.4, 0.5) is 0 Å². The van der Waals surface area contributed by atoms with E-state index in [4.69, 9.17) is 11.6 Å². The maximum atomic E-state index is 12.6. The highest BCUT2D eigenvalue weighted by Gasteiger charge is 2.29. The van der Waals surface area contributed by atoms with Crippen LogP contribution in [0, 0.1) is 5.92 Å². The quantitative estimate of drug-likeness (QED) is 0.845. The van der Waals surface area contributed by atoms with Gasteiger partial charge in [0.2, 0.25) is 11.8 Å². The molecule has 3 rings (SSSR count). The maximum Gasteiger partial charge on any atom is 0.225 e. The minimum absolute atomic E-state index is 0.0713. The number of likely N-dealkylation sites (tertiary alicyclic amines) is 1. The van der Waals surface area contributed by atoms with Gasteiger partial charge in [0, 0.05) is 36.5 Å². The molecule has 26 heavy (non-hydrogen) atoms. The third kappa shape index (κ3) is 5.23. The minimum Gasteiger partial charge on any atom is -0.353 e. The Labute approximate surface area is 161 Å². The second kappa shape index (κ2) is 9.40. The summed E-state index contributed by atoms with van der Waals surface area (Å²) in [5.74, 6) is 0.653. The number of hydrogen-bond donors (Lipinski definition) is 1. The molecule has 1 heterocycles. The molecule has 0 aromatic heterocycles. The molecule has 4 nitrogen and oxygen atoms in total. The van der Waals surface area contributed by atoms with Gasteiger partial charge in [-0.15, -0.1) is 0 Å². The normalized spacial score (nSPS) is 19.3. The van der Waals surface area contributed by atoms with Gasteiger partial charge in [-0.25, -0.2) is 0 Å². The van der Waals surface area contributed by atoms with Crippen molar-refractivity contribution in [3.05, 3.63) is 34.9 Å². The second-order valence-electron chi connectivity index (χ2n) is 7.59. The number of carbonyl (C=O) groups excluding carboxylic acids is 2. The van der Waals surface area contributed by atoms with Crippen molar-refractivity contribution in [2.45, 2.75) is 63.8 Å². The molecule has 0 spiro atoms. The Kier molecular flexibility index (Phi) is 6.95. The summed E-state index contributed by atoms with van der Waals surface area (Å²) in [6.07, 6.45) is 8.58. The summed E-state index contributed by atoms with van der Waals surface area (Å²) in [6.45, 7) is 1.54. The average molecular weight is 377 g/mol. The van der Waals surface area contributed by atoms with E-state index in [0.29, 0.717) is 18.7 Å². The number of nitrogens with one attached hydrogen (secondary N) is 1. The summed E-state index contributed by atoms with van der Waals surface area (Å²) in [6, 6.07) is 7.84. The van der Waals surface area contributed by atoms with Crippen LogP contribution in [-0.2, 0) is 16.0 Å². The number of hydrogen-bond acceptors (Lipinski definition) is 2. The first kappa shape index (κ1) is 19.2. The molecule has 1 N–H and O–H groups in total. The number of piperidine rings is 1. The summed E-state index contributed by atoms with van der Waals surface area (Å²) in [5, 5.41) is 3.85. The van der Waals surface area contributed by atoms with Crippen molar-refractivity contribution >= 4 is 23.4 Å². The van der Waals surface area contributed by atoms with Gasteiger partial charge in [0.05, 0.1) is 0 Å². The van der Waals surface area contributed by atoms with Crippen LogP contribution >= 0.6 is 11.6 Å². The summed E-state index contributed by atoms with van der Waals surface area (Å²) < 4.78 is 0. The Morgan fingerprint density at radius 1 is 1.04 bits per heavy atom. The van der Waals surface area contributed by atoms with E-state index < -0.39 is 0 Å². The van der Waals surface area contributed by atoms with Crippen molar-refractivity contribution in [3.63, 3.8) is 0 Å². The molecule has 0 atom stereocenters. The first-order chi connectivity index (χ1) is 12.6. The summed E-state index contributed by atoms with van der Waals surface area (Å²) in [7, 11) is 0. The lowest BCUT2D eigenvalue weighted by atomic mass is 9.87. The number of carbonyl (C=O) groups is 2. The van der Waals surface area contributed by atoms with Crippen molar-refractivity contribution in [2.75, 3.05) is 13.1 Å². The smallest absolute Gasteiger partial charge is 0.225 e. The third-order valence-corrected chi connectivity index (χ3v) is 6.07. The largest absolute Gasteiger partial charge is 0.353 e. The summed E-state index contributed by atoms with van der Waals surface area (Å²) in [4.78, 5) is 26.8. The predicted molar refractivity (Wildman–Crippen MR) is 104 cm³/mol. The Hall–Kier alpha value is -1.55. The molecule has 0 radical (unpaired) electrons. The van der Waals surface area contributed by atoms with Crippen LogP contribution in [0.15, 0.2) is 24.3 Å². The van der Waals surface area contributed by atoms with Crippen LogP contribution in [-0.4, -0.2) is 35.8 Å². The van der Waals surface area contributed by atoms with E-state index in [2.05, 4.69) is 5.32 Å². The second-order valence-corrected chi connectivity index (χ2v) is 8.00. The van der Waals surface area contributed by atoms with E-state index in [1.165, 1.54) is 19.3 Å². The third-order valence-electron chi connectivity index (χ3n) is 5.71. The van der Waals surface area contributed by atoms with E-state index in [0.717, 1.165) is 49.4 Å². The Bertz CT molecular complexity index is 620. The molecule has 142 valence electrons. The molecule has 2 aliphatic rings. The van der Waals surface area contributed by atoms with Crippen LogP contribution < -0.4 is 5.32 Å². The summed E-state index contributed by atoms with van der Waals surface area (Å²) in [5.41, 5.74) is 1.01. The van der Waals surface area contributed by atoms with E-state index in [-0.39, 0.29) is 17.9 Å². The topological polar surface area (TPSA) is 49.4 Å². The molecule has 1 aromatic carbocycles. The van der Waals surface area contributed by atoms with Crippen LogP contribution in [0.5, 0.6) is 0 Å². The highest BCUT2D eigenvalue weighted by Crippen LogP contribution is 2.26. The van der Waals surface area contributed by atoms with Crippen LogP contribution in [0.25, 0.3) is 0 Å². The van der Waals surface area contributed by atoms with Gasteiger partial charge in [-0.1, -0.05) is 49.1 Å². The van der Waals surface area contributed by atoms with E-state index >= 15 is 0 Å². The highest BCUT2D eigenvalue weighted by molar-refractivity contribution is 6.31. The fourth-order valence-corrected chi connectivity index (χ4v) is 4.33. The number of rotatable bonds is 5. The van der Waals surface area contributed by atoms with Crippen molar-refractivity contribution in [3.8, 4) is 0 Å². The van der Waals surface area contributed by atoms with Crippen molar-refractivity contribution < 1.29 is 9.59 Å². The van der Waals surface area contributed by atoms with E-state index in [1.807, 2.05) is 29.2 Å². The Morgan fingerprint density at radius 2 is 1.73 bits per heavy atom. The van der Waals surface area contributed by atoms with Gasteiger partial charge in [-0.05, 0) is 43.7 Å². The molecule has 0 unspecified atom stereocenters. The first-order valence-corrected chi connectivity index (χ1v) is 10.3. The molecule has 2 amide bonds. The molecule has 5 heteroatoms. The maximum absolute atomic E-state index is 12.6. The number of nitrogens with zero attached hydrogens (tertiary/aromatic N) is 1.